The molecule has 0 aromatic heterocycles. The van der Waals surface area contributed by atoms with E-state index in [1.807, 2.05) is 55.5 Å². The van der Waals surface area contributed by atoms with Crippen LogP contribution < -0.4 is 5.32 Å². The van der Waals surface area contributed by atoms with E-state index in [0.717, 1.165) is 11.3 Å². The van der Waals surface area contributed by atoms with Gasteiger partial charge in [-0.15, -0.1) is 0 Å². The average molecular weight is 331 g/mol. The van der Waals surface area contributed by atoms with Crippen LogP contribution in [0.15, 0.2) is 53.5 Å². The van der Waals surface area contributed by atoms with Crippen LogP contribution in [0.1, 0.15) is 11.1 Å². The Kier molecular flexibility index (Phi) is 4.50. The number of thioether (sulfide) groups is 1. The minimum atomic E-state index is -0.148. The summed E-state index contributed by atoms with van der Waals surface area (Å²) in [4.78, 5) is 16.5. The molecule has 0 bridgehead atoms. The monoisotopic (exact) mass is 330 g/mol. The molecule has 0 spiro atoms. The molecule has 1 fully saturated rings. The Morgan fingerprint density at radius 1 is 1.14 bits per heavy atom. The Bertz CT molecular complexity index is 710. The predicted octanol–water partition coefficient (Wildman–Crippen LogP) is 4.11. The fourth-order valence-electron chi connectivity index (χ4n) is 2.16. The first-order chi connectivity index (χ1) is 10.6. The molecule has 2 aromatic rings. The number of benzene rings is 2. The van der Waals surface area contributed by atoms with Gasteiger partial charge in [0, 0.05) is 5.02 Å². The second-order valence-corrected chi connectivity index (χ2v) is 6.81. The Balaban J connectivity index is 1.70. The van der Waals surface area contributed by atoms with Crippen molar-refractivity contribution in [2.24, 2.45) is 4.99 Å². The molecule has 0 saturated carbocycles. The lowest BCUT2D eigenvalue weighted by molar-refractivity contribution is -0.118. The predicted molar refractivity (Wildman–Crippen MR) is 93.0 cm³/mol. The maximum absolute atomic E-state index is 12.1. The summed E-state index contributed by atoms with van der Waals surface area (Å²) in [5.74, 6) is 0.00538. The molecule has 3 rings (SSSR count). The first-order valence-corrected chi connectivity index (χ1v) is 8.23. The normalized spacial score (nSPS) is 19.5. The lowest BCUT2D eigenvalue weighted by atomic mass is 10.1. The molecule has 3 nitrogen and oxygen atoms in total. The Hall–Kier alpha value is -1.78. The fourth-order valence-corrected chi connectivity index (χ4v) is 3.32. The van der Waals surface area contributed by atoms with Gasteiger partial charge in [-0.05, 0) is 43.2 Å². The minimum Gasteiger partial charge on any atom is -0.304 e. The standard InChI is InChI=1S/C17H15ClN2OS/c1-11-2-8-14(9-3-11)19-17-20-16(21)15(22-17)10-12-4-6-13(18)7-5-12/h2-9,15H,10H2,1H3,(H,19,20,21)/t15-/m0/s1. The number of rotatable bonds is 3. The van der Waals surface area contributed by atoms with Crippen molar-refractivity contribution in [3.63, 3.8) is 0 Å². The molecule has 112 valence electrons. The number of hydrogen-bond donors (Lipinski definition) is 1. The molecule has 1 N–H and O–H groups in total. The quantitative estimate of drug-likeness (QED) is 0.920. The molecule has 0 radical (unpaired) electrons. The second-order valence-electron chi connectivity index (χ2n) is 5.18. The van der Waals surface area contributed by atoms with E-state index < -0.39 is 0 Å². The van der Waals surface area contributed by atoms with Crippen molar-refractivity contribution in [3.8, 4) is 0 Å². The van der Waals surface area contributed by atoms with E-state index in [0.29, 0.717) is 16.6 Å². The van der Waals surface area contributed by atoms with Crippen molar-refractivity contribution in [3.05, 3.63) is 64.7 Å². The minimum absolute atomic E-state index is 0.00538. The van der Waals surface area contributed by atoms with Gasteiger partial charge in [-0.1, -0.05) is 53.2 Å². The van der Waals surface area contributed by atoms with Gasteiger partial charge in [-0.2, -0.15) is 0 Å². The summed E-state index contributed by atoms with van der Waals surface area (Å²) >= 11 is 7.35. The average Bonchev–Trinajstić information content (AvgIpc) is 2.84. The van der Waals surface area contributed by atoms with Crippen LogP contribution in [0.4, 0.5) is 5.69 Å². The number of nitrogens with one attached hydrogen (secondary N) is 1. The molecule has 1 amide bonds. The number of carbonyl (C=O) groups is 1. The van der Waals surface area contributed by atoms with Crippen LogP contribution in [0, 0.1) is 6.92 Å². The summed E-state index contributed by atoms with van der Waals surface area (Å²) in [6.45, 7) is 2.03. The van der Waals surface area contributed by atoms with Crippen molar-refractivity contribution < 1.29 is 4.79 Å². The maximum Gasteiger partial charge on any atom is 0.239 e. The van der Waals surface area contributed by atoms with Crippen molar-refractivity contribution in [1.82, 2.24) is 5.32 Å². The molecule has 1 aliphatic heterocycles. The van der Waals surface area contributed by atoms with E-state index in [9.17, 15) is 4.79 Å². The second kappa shape index (κ2) is 6.55. The van der Waals surface area contributed by atoms with Crippen LogP contribution >= 0.6 is 23.4 Å². The van der Waals surface area contributed by atoms with Crippen molar-refractivity contribution in [2.45, 2.75) is 18.6 Å². The zero-order chi connectivity index (χ0) is 15.5. The van der Waals surface area contributed by atoms with E-state index in [1.165, 1.54) is 17.3 Å². The molecule has 2 aromatic carbocycles. The van der Waals surface area contributed by atoms with Crippen LogP contribution in [-0.2, 0) is 11.2 Å². The largest absolute Gasteiger partial charge is 0.304 e. The van der Waals surface area contributed by atoms with Crippen LogP contribution in [0.5, 0.6) is 0 Å². The third-order valence-electron chi connectivity index (χ3n) is 3.38. The lowest BCUT2D eigenvalue weighted by Gasteiger charge is -2.05. The number of amidine groups is 1. The number of nitrogens with zero attached hydrogens (tertiary/aromatic N) is 1. The Morgan fingerprint density at radius 3 is 2.50 bits per heavy atom. The summed E-state index contributed by atoms with van der Waals surface area (Å²) in [6.07, 6.45) is 0.667. The van der Waals surface area contributed by atoms with E-state index in [1.54, 1.807) is 0 Å². The molecule has 0 unspecified atom stereocenters. The van der Waals surface area contributed by atoms with Crippen LogP contribution in [0.3, 0.4) is 0 Å². The molecule has 1 aliphatic rings. The van der Waals surface area contributed by atoms with Crippen LogP contribution in [0.25, 0.3) is 0 Å². The molecule has 0 aliphatic carbocycles. The summed E-state index contributed by atoms with van der Waals surface area (Å²) < 4.78 is 0. The maximum atomic E-state index is 12.1. The van der Waals surface area contributed by atoms with Gasteiger partial charge in [0.05, 0.1) is 10.9 Å². The van der Waals surface area contributed by atoms with Crippen LogP contribution in [0.2, 0.25) is 5.02 Å². The van der Waals surface area contributed by atoms with Gasteiger partial charge >= 0.3 is 0 Å². The summed E-state index contributed by atoms with van der Waals surface area (Å²) in [5, 5.41) is 4.06. The topological polar surface area (TPSA) is 41.5 Å². The molecular formula is C17H15ClN2OS. The van der Waals surface area contributed by atoms with Gasteiger partial charge in [0.1, 0.15) is 0 Å². The summed E-state index contributed by atoms with van der Waals surface area (Å²) in [7, 11) is 0. The van der Waals surface area contributed by atoms with Gasteiger partial charge < -0.3 is 5.32 Å². The van der Waals surface area contributed by atoms with Crippen LogP contribution in [-0.4, -0.2) is 16.3 Å². The third kappa shape index (κ3) is 3.70. The summed E-state index contributed by atoms with van der Waals surface area (Å²) in [5.41, 5.74) is 3.13. The van der Waals surface area contributed by atoms with Crippen molar-refractivity contribution in [2.75, 3.05) is 0 Å². The number of aliphatic imine (C=N–C) groups is 1. The fraction of sp³-hybridized carbons (Fsp3) is 0.176. The Labute approximate surface area is 138 Å². The highest BCUT2D eigenvalue weighted by molar-refractivity contribution is 8.15. The highest BCUT2D eigenvalue weighted by Gasteiger charge is 2.30. The smallest absolute Gasteiger partial charge is 0.239 e. The van der Waals surface area contributed by atoms with Gasteiger partial charge in [0.25, 0.3) is 0 Å². The first-order valence-electron chi connectivity index (χ1n) is 6.97. The van der Waals surface area contributed by atoms with E-state index in [-0.39, 0.29) is 11.2 Å². The highest BCUT2D eigenvalue weighted by atomic mass is 35.5. The van der Waals surface area contributed by atoms with Gasteiger partial charge in [0.15, 0.2) is 5.17 Å². The number of aryl methyl sites for hydroxylation is 1. The van der Waals surface area contributed by atoms with Gasteiger partial charge in [0.2, 0.25) is 5.91 Å². The Morgan fingerprint density at radius 2 is 1.82 bits per heavy atom. The highest BCUT2D eigenvalue weighted by Crippen LogP contribution is 2.26. The summed E-state index contributed by atoms with van der Waals surface area (Å²) in [6, 6.07) is 15.5. The number of halogens is 1. The van der Waals surface area contributed by atoms with Gasteiger partial charge in [-0.3, -0.25) is 4.79 Å². The SMILES string of the molecule is Cc1ccc(N=C2NC(=O)[C@H](Cc3ccc(Cl)cc3)S2)cc1. The number of hydrogen-bond acceptors (Lipinski definition) is 3. The molecule has 1 atom stereocenters. The third-order valence-corrected chi connectivity index (χ3v) is 4.71. The number of carbonyl (C=O) groups excluding carboxylic acids is 1. The van der Waals surface area contributed by atoms with E-state index >= 15 is 0 Å². The lowest BCUT2D eigenvalue weighted by Crippen LogP contribution is -2.25. The molecule has 1 heterocycles. The zero-order valence-corrected chi connectivity index (χ0v) is 13.6. The molecular weight excluding hydrogens is 316 g/mol. The van der Waals surface area contributed by atoms with E-state index in [2.05, 4.69) is 10.3 Å². The zero-order valence-electron chi connectivity index (χ0n) is 12.0. The first kappa shape index (κ1) is 15.1. The van der Waals surface area contributed by atoms with Crippen molar-refractivity contribution in [1.29, 1.82) is 0 Å². The van der Waals surface area contributed by atoms with Crippen molar-refractivity contribution >= 4 is 40.1 Å². The molecule has 1 saturated heterocycles. The van der Waals surface area contributed by atoms with E-state index in [4.69, 9.17) is 11.6 Å². The van der Waals surface area contributed by atoms with Gasteiger partial charge in [-0.25, -0.2) is 4.99 Å². The number of amides is 1. The molecule has 22 heavy (non-hydrogen) atoms. The molecule has 5 heteroatoms.